The van der Waals surface area contributed by atoms with Gasteiger partial charge in [0.15, 0.2) is 0 Å². The van der Waals surface area contributed by atoms with Gasteiger partial charge in [-0.3, -0.25) is 18.6 Å². The molecule has 4 heterocycles. The Morgan fingerprint density at radius 3 is 2.43 bits per heavy atom. The van der Waals surface area contributed by atoms with Crippen LogP contribution >= 0.6 is 0 Å². The minimum Gasteiger partial charge on any atom is -0.481 e. The molecule has 1 unspecified atom stereocenters. The summed E-state index contributed by atoms with van der Waals surface area (Å²) < 4.78 is 15.3. The summed E-state index contributed by atoms with van der Waals surface area (Å²) in [5.41, 5.74) is 6.75. The molecule has 1 saturated carbocycles. The SMILES string of the molecule is CCn1cc(-c2[nH]c3ncc4c(c3c2-c2ccc(C(C)CC(=O)O)cc2)n(C2CCCC2)c(=O)n4C)c(OC)n1.CNC(=O)OC. The number of H-pyrrole nitrogens is 1. The molecule has 0 radical (unpaired) electrons. The first-order chi connectivity index (χ1) is 22.1. The minimum absolute atomic E-state index is 0.0286. The number of imidazole rings is 1. The van der Waals surface area contributed by atoms with Crippen LogP contribution in [-0.4, -0.2) is 67.3 Å². The number of amides is 1. The van der Waals surface area contributed by atoms with Gasteiger partial charge < -0.3 is 24.9 Å². The van der Waals surface area contributed by atoms with Crippen LogP contribution in [0.1, 0.15) is 63.5 Å². The largest absolute Gasteiger partial charge is 0.481 e. The van der Waals surface area contributed by atoms with Gasteiger partial charge in [0, 0.05) is 38.4 Å². The molecule has 1 amide bonds. The van der Waals surface area contributed by atoms with E-state index in [1.807, 2.05) is 60.6 Å². The van der Waals surface area contributed by atoms with Crippen molar-refractivity contribution in [3.63, 3.8) is 0 Å². The fourth-order valence-electron chi connectivity index (χ4n) is 6.32. The van der Waals surface area contributed by atoms with E-state index in [2.05, 4.69) is 20.1 Å². The summed E-state index contributed by atoms with van der Waals surface area (Å²) in [5.74, 6) is -0.441. The Morgan fingerprint density at radius 2 is 1.87 bits per heavy atom. The number of hydrogen-bond donors (Lipinski definition) is 3. The van der Waals surface area contributed by atoms with Gasteiger partial charge in [-0.2, -0.15) is 0 Å². The van der Waals surface area contributed by atoms with E-state index in [1.165, 1.54) is 14.2 Å². The summed E-state index contributed by atoms with van der Waals surface area (Å²) in [5, 5.41) is 17.0. The number of benzene rings is 1. The quantitative estimate of drug-likeness (QED) is 0.204. The Labute approximate surface area is 266 Å². The van der Waals surface area contributed by atoms with E-state index >= 15 is 0 Å². The van der Waals surface area contributed by atoms with Crippen LogP contribution in [-0.2, 0) is 23.1 Å². The third kappa shape index (κ3) is 5.96. The van der Waals surface area contributed by atoms with Crippen LogP contribution in [0, 0.1) is 0 Å². The number of carboxylic acid groups (broad SMARTS) is 1. The normalized spacial score (nSPS) is 13.9. The third-order valence-electron chi connectivity index (χ3n) is 8.71. The molecule has 1 aromatic carbocycles. The number of nitrogens with zero attached hydrogens (tertiary/aromatic N) is 5. The molecule has 1 atom stereocenters. The van der Waals surface area contributed by atoms with Crippen molar-refractivity contribution in [1.82, 2.24) is 34.2 Å². The molecule has 6 rings (SSSR count). The second-order valence-corrected chi connectivity index (χ2v) is 11.5. The van der Waals surface area contributed by atoms with Crippen molar-refractivity contribution < 1.29 is 24.2 Å². The lowest BCUT2D eigenvalue weighted by Crippen LogP contribution is -2.24. The maximum absolute atomic E-state index is 13.6. The van der Waals surface area contributed by atoms with Crippen LogP contribution in [0.2, 0.25) is 0 Å². The summed E-state index contributed by atoms with van der Waals surface area (Å²) in [6.07, 6.45) is 7.56. The van der Waals surface area contributed by atoms with Gasteiger partial charge in [-0.05, 0) is 36.8 Å². The van der Waals surface area contributed by atoms with Crippen LogP contribution < -0.4 is 15.7 Å². The topological polar surface area (TPSA) is 158 Å². The maximum Gasteiger partial charge on any atom is 0.406 e. The number of hydrogen-bond acceptors (Lipinski definition) is 7. The molecule has 3 N–H and O–H groups in total. The van der Waals surface area contributed by atoms with E-state index in [4.69, 9.17) is 9.72 Å². The number of aliphatic carboxylic acids is 1. The molecular formula is C33H41N7O6. The highest BCUT2D eigenvalue weighted by Gasteiger charge is 2.29. The second-order valence-electron chi connectivity index (χ2n) is 11.5. The van der Waals surface area contributed by atoms with Gasteiger partial charge in [0.1, 0.15) is 5.65 Å². The van der Waals surface area contributed by atoms with Crippen LogP contribution in [0.5, 0.6) is 5.88 Å². The first kappa shape index (κ1) is 32.3. The average Bonchev–Trinajstić information content (AvgIpc) is 3.85. The zero-order chi connectivity index (χ0) is 33.1. The van der Waals surface area contributed by atoms with Gasteiger partial charge in [-0.1, -0.05) is 44.0 Å². The van der Waals surface area contributed by atoms with Gasteiger partial charge >= 0.3 is 17.8 Å². The molecule has 244 valence electrons. The fourth-order valence-corrected chi connectivity index (χ4v) is 6.32. The molecule has 4 aromatic heterocycles. The molecule has 0 saturated heterocycles. The van der Waals surface area contributed by atoms with E-state index in [1.54, 1.807) is 17.9 Å². The lowest BCUT2D eigenvalue weighted by molar-refractivity contribution is -0.137. The lowest BCUT2D eigenvalue weighted by atomic mass is 9.93. The fraction of sp³-hybridized carbons (Fsp3) is 0.424. The van der Waals surface area contributed by atoms with Crippen molar-refractivity contribution in [2.24, 2.45) is 7.05 Å². The number of rotatable bonds is 8. The predicted molar refractivity (Wildman–Crippen MR) is 175 cm³/mol. The molecule has 0 aliphatic heterocycles. The highest BCUT2D eigenvalue weighted by atomic mass is 16.5. The molecule has 46 heavy (non-hydrogen) atoms. The maximum atomic E-state index is 13.6. The molecular weight excluding hydrogens is 590 g/mol. The number of methoxy groups -OCH3 is 2. The van der Waals surface area contributed by atoms with Crippen LogP contribution in [0.4, 0.5) is 4.79 Å². The van der Waals surface area contributed by atoms with Crippen molar-refractivity contribution >= 4 is 34.1 Å². The number of ether oxygens (including phenoxy) is 2. The van der Waals surface area contributed by atoms with E-state index < -0.39 is 12.1 Å². The number of alkyl carbamates (subject to hydrolysis) is 1. The molecule has 0 spiro atoms. The van der Waals surface area contributed by atoms with Crippen molar-refractivity contribution in [3.05, 3.63) is 52.7 Å². The van der Waals surface area contributed by atoms with Gasteiger partial charge in [0.05, 0.1) is 54.5 Å². The van der Waals surface area contributed by atoms with Crippen LogP contribution in [0.25, 0.3) is 44.5 Å². The average molecular weight is 632 g/mol. The van der Waals surface area contributed by atoms with Gasteiger partial charge in [0.25, 0.3) is 0 Å². The summed E-state index contributed by atoms with van der Waals surface area (Å²) in [7, 11) is 6.24. The van der Waals surface area contributed by atoms with Crippen molar-refractivity contribution in [2.75, 3.05) is 21.3 Å². The number of pyridine rings is 1. The van der Waals surface area contributed by atoms with Crippen molar-refractivity contribution in [2.45, 2.75) is 64.5 Å². The molecule has 13 nitrogen and oxygen atoms in total. The summed E-state index contributed by atoms with van der Waals surface area (Å²) in [6.45, 7) is 4.63. The Bertz CT molecular complexity index is 1920. The highest BCUT2D eigenvalue weighted by Crippen LogP contribution is 2.44. The van der Waals surface area contributed by atoms with Crippen molar-refractivity contribution in [1.29, 1.82) is 0 Å². The Kier molecular flexibility index (Phi) is 9.49. The number of aromatic amines is 1. The van der Waals surface area contributed by atoms with Gasteiger partial charge in [-0.25, -0.2) is 14.6 Å². The second kappa shape index (κ2) is 13.5. The highest BCUT2D eigenvalue weighted by molar-refractivity contribution is 6.14. The smallest absolute Gasteiger partial charge is 0.406 e. The van der Waals surface area contributed by atoms with Crippen LogP contribution in [0.3, 0.4) is 0 Å². The zero-order valence-electron chi connectivity index (χ0n) is 27.1. The monoisotopic (exact) mass is 631 g/mol. The molecule has 1 aliphatic carbocycles. The Hall–Kier alpha value is -5.07. The molecule has 5 aromatic rings. The van der Waals surface area contributed by atoms with E-state index in [0.717, 1.165) is 70.1 Å². The Balaban J connectivity index is 0.000000635. The number of fused-ring (bicyclic) bond motifs is 3. The van der Waals surface area contributed by atoms with E-state index in [9.17, 15) is 19.5 Å². The van der Waals surface area contributed by atoms with E-state index in [0.29, 0.717) is 18.1 Å². The Morgan fingerprint density at radius 1 is 1.17 bits per heavy atom. The molecule has 1 fully saturated rings. The first-order valence-electron chi connectivity index (χ1n) is 15.4. The number of carbonyl (C=O) groups is 2. The third-order valence-corrected chi connectivity index (χ3v) is 8.71. The van der Waals surface area contributed by atoms with E-state index in [-0.39, 0.29) is 24.1 Å². The standard InChI is InChI=1S/C30H34N6O4.C3H7NO2/c1-5-35-16-21(29(33-35)40-4)26-24(19-12-10-18(11-13-19)17(2)14-23(37)38)25-27-22(15-31-28(25)32-26)34(3)30(39)36(27)20-8-6-7-9-20;1-4-3(5)6-2/h10-13,15-17,20H,5-9,14H2,1-4H3,(H,31,32)(H,37,38);1-2H3,(H,4,5). The lowest BCUT2D eigenvalue weighted by Gasteiger charge is -2.13. The minimum atomic E-state index is -0.821. The number of carbonyl (C=O) groups excluding carboxylic acids is 1. The number of aryl methyl sites for hydroxylation is 2. The number of carboxylic acids is 1. The number of aromatic nitrogens is 6. The zero-order valence-corrected chi connectivity index (χ0v) is 27.1. The molecule has 13 heteroatoms. The molecule has 1 aliphatic rings. The summed E-state index contributed by atoms with van der Waals surface area (Å²) >= 11 is 0. The summed E-state index contributed by atoms with van der Waals surface area (Å²) in [6, 6.07) is 8.17. The first-order valence-corrected chi connectivity index (χ1v) is 15.4. The van der Waals surface area contributed by atoms with Crippen molar-refractivity contribution in [3.8, 4) is 28.3 Å². The van der Waals surface area contributed by atoms with Crippen LogP contribution in [0.15, 0.2) is 41.5 Å². The van der Waals surface area contributed by atoms with Gasteiger partial charge in [0.2, 0.25) is 5.88 Å². The molecule has 0 bridgehead atoms. The predicted octanol–water partition coefficient (Wildman–Crippen LogP) is 5.44. The summed E-state index contributed by atoms with van der Waals surface area (Å²) in [4.78, 5) is 43.1. The number of nitrogens with one attached hydrogen (secondary N) is 2. The van der Waals surface area contributed by atoms with Gasteiger partial charge in [-0.15, -0.1) is 5.10 Å².